The largest absolute Gasteiger partial charge is 0.508 e. The Morgan fingerprint density at radius 3 is 2.71 bits per heavy atom. The van der Waals surface area contributed by atoms with E-state index < -0.39 is 0 Å². The Labute approximate surface area is 144 Å². The van der Waals surface area contributed by atoms with Gasteiger partial charge in [0, 0.05) is 31.6 Å². The number of carbonyl (C=O) groups is 1. The molecule has 2 rings (SSSR count). The average Bonchev–Trinajstić information content (AvgIpc) is 3.02. The second kappa shape index (κ2) is 8.57. The van der Waals surface area contributed by atoms with E-state index in [1.165, 1.54) is 0 Å². The summed E-state index contributed by atoms with van der Waals surface area (Å²) in [5, 5.41) is 16.0. The predicted octanol–water partition coefficient (Wildman–Crippen LogP) is 1.70. The predicted molar refractivity (Wildman–Crippen MR) is 95.9 cm³/mol. The van der Waals surface area contributed by atoms with Crippen molar-refractivity contribution in [1.82, 2.24) is 15.5 Å². The molecule has 1 aromatic rings. The molecule has 132 valence electrons. The molecule has 6 heteroatoms. The monoisotopic (exact) mass is 332 g/mol. The van der Waals surface area contributed by atoms with Gasteiger partial charge in [-0.15, -0.1) is 0 Å². The van der Waals surface area contributed by atoms with Crippen LogP contribution in [-0.2, 0) is 11.3 Å². The molecule has 3 N–H and O–H groups in total. The van der Waals surface area contributed by atoms with Crippen LogP contribution in [0.2, 0.25) is 0 Å². The summed E-state index contributed by atoms with van der Waals surface area (Å²) in [5.41, 5.74) is 1.04. The first-order valence-corrected chi connectivity index (χ1v) is 8.61. The van der Waals surface area contributed by atoms with E-state index in [4.69, 9.17) is 0 Å². The van der Waals surface area contributed by atoms with E-state index in [1.807, 2.05) is 37.8 Å². The van der Waals surface area contributed by atoms with Crippen LogP contribution in [0.5, 0.6) is 5.75 Å². The Balaban J connectivity index is 1.92. The van der Waals surface area contributed by atoms with Gasteiger partial charge in [-0.2, -0.15) is 0 Å². The number of hydrogen-bond acceptors (Lipinski definition) is 3. The van der Waals surface area contributed by atoms with Gasteiger partial charge in [0.05, 0.1) is 6.54 Å². The van der Waals surface area contributed by atoms with Gasteiger partial charge in [0.1, 0.15) is 5.75 Å². The molecule has 0 radical (unpaired) electrons. The highest BCUT2D eigenvalue weighted by atomic mass is 16.3. The highest BCUT2D eigenvalue weighted by molar-refractivity contribution is 5.81. The summed E-state index contributed by atoms with van der Waals surface area (Å²) in [5.74, 6) is 1.27. The van der Waals surface area contributed by atoms with Gasteiger partial charge in [-0.05, 0) is 31.0 Å². The van der Waals surface area contributed by atoms with Gasteiger partial charge in [0.15, 0.2) is 5.96 Å². The molecule has 1 aliphatic heterocycles. The van der Waals surface area contributed by atoms with Crippen molar-refractivity contribution >= 4 is 11.9 Å². The summed E-state index contributed by atoms with van der Waals surface area (Å²) in [6.07, 6.45) is 0.933. The molecular weight excluding hydrogens is 304 g/mol. The number of amides is 1. The molecule has 0 spiro atoms. The smallest absolute Gasteiger partial charge is 0.225 e. The normalized spacial score (nSPS) is 18.1. The van der Waals surface area contributed by atoms with Crippen molar-refractivity contribution in [2.75, 3.05) is 19.6 Å². The lowest BCUT2D eigenvalue weighted by molar-refractivity contribution is -0.133. The fourth-order valence-corrected chi connectivity index (χ4v) is 2.73. The zero-order valence-corrected chi connectivity index (χ0v) is 14.7. The maximum absolute atomic E-state index is 12.1. The summed E-state index contributed by atoms with van der Waals surface area (Å²) in [6.45, 7) is 8.74. The number of guanidine groups is 1. The van der Waals surface area contributed by atoms with Gasteiger partial charge in [-0.1, -0.05) is 26.0 Å². The molecule has 1 amide bonds. The fraction of sp³-hybridized carbons (Fsp3) is 0.556. The van der Waals surface area contributed by atoms with Crippen LogP contribution in [0.3, 0.4) is 0 Å². The van der Waals surface area contributed by atoms with Gasteiger partial charge in [0.25, 0.3) is 0 Å². The highest BCUT2D eigenvalue weighted by Gasteiger charge is 2.27. The molecule has 1 aromatic carbocycles. The van der Waals surface area contributed by atoms with Crippen LogP contribution in [0.4, 0.5) is 0 Å². The van der Waals surface area contributed by atoms with Crippen LogP contribution in [0.25, 0.3) is 0 Å². The number of aromatic hydroxyl groups is 1. The second-order valence-corrected chi connectivity index (χ2v) is 6.43. The molecule has 0 bridgehead atoms. The van der Waals surface area contributed by atoms with Crippen molar-refractivity contribution in [3.8, 4) is 5.75 Å². The zero-order valence-electron chi connectivity index (χ0n) is 14.7. The molecule has 1 fully saturated rings. The SMILES string of the molecule is CCNC(=NCc1ccc(O)cc1)NC1CCN(C(=O)C(C)C)C1. The number of hydrogen-bond donors (Lipinski definition) is 3. The first-order chi connectivity index (χ1) is 11.5. The lowest BCUT2D eigenvalue weighted by atomic mass is 10.2. The topological polar surface area (TPSA) is 77.0 Å². The number of carbonyl (C=O) groups excluding carboxylic acids is 1. The van der Waals surface area contributed by atoms with E-state index >= 15 is 0 Å². The molecule has 1 aliphatic rings. The van der Waals surface area contributed by atoms with Gasteiger partial charge in [0.2, 0.25) is 5.91 Å². The molecule has 1 unspecified atom stereocenters. The minimum Gasteiger partial charge on any atom is -0.508 e. The summed E-state index contributed by atoms with van der Waals surface area (Å²) in [6, 6.07) is 7.28. The van der Waals surface area contributed by atoms with Crippen LogP contribution in [0.15, 0.2) is 29.3 Å². The summed E-state index contributed by atoms with van der Waals surface area (Å²) in [4.78, 5) is 18.6. The average molecular weight is 332 g/mol. The van der Waals surface area contributed by atoms with E-state index in [1.54, 1.807) is 12.1 Å². The molecule has 0 aromatic heterocycles. The van der Waals surface area contributed by atoms with Crippen LogP contribution >= 0.6 is 0 Å². The van der Waals surface area contributed by atoms with E-state index in [-0.39, 0.29) is 23.6 Å². The Bertz CT molecular complexity index is 569. The number of nitrogens with zero attached hydrogens (tertiary/aromatic N) is 2. The first-order valence-electron chi connectivity index (χ1n) is 8.61. The Morgan fingerprint density at radius 2 is 2.08 bits per heavy atom. The van der Waals surface area contributed by atoms with Crippen molar-refractivity contribution in [2.24, 2.45) is 10.9 Å². The van der Waals surface area contributed by atoms with Crippen molar-refractivity contribution in [2.45, 2.75) is 39.8 Å². The van der Waals surface area contributed by atoms with Crippen LogP contribution in [0.1, 0.15) is 32.8 Å². The van der Waals surface area contributed by atoms with Crippen molar-refractivity contribution in [3.05, 3.63) is 29.8 Å². The van der Waals surface area contributed by atoms with E-state index in [2.05, 4.69) is 15.6 Å². The number of aliphatic imine (C=N–C) groups is 1. The standard InChI is InChI=1S/C18H28N4O2/c1-4-19-18(20-11-14-5-7-16(23)8-6-14)21-15-9-10-22(12-15)17(24)13(2)3/h5-8,13,15,23H,4,9-12H2,1-3H3,(H2,19,20,21). The molecular formula is C18H28N4O2. The van der Waals surface area contributed by atoms with Crippen molar-refractivity contribution < 1.29 is 9.90 Å². The summed E-state index contributed by atoms with van der Waals surface area (Å²) >= 11 is 0. The van der Waals surface area contributed by atoms with E-state index in [0.29, 0.717) is 6.54 Å². The number of phenols is 1. The maximum atomic E-state index is 12.1. The highest BCUT2D eigenvalue weighted by Crippen LogP contribution is 2.13. The van der Waals surface area contributed by atoms with Crippen LogP contribution < -0.4 is 10.6 Å². The fourth-order valence-electron chi connectivity index (χ4n) is 2.73. The molecule has 0 saturated carbocycles. The van der Waals surface area contributed by atoms with Crippen molar-refractivity contribution in [1.29, 1.82) is 0 Å². The summed E-state index contributed by atoms with van der Waals surface area (Å²) < 4.78 is 0. The molecule has 1 atom stereocenters. The maximum Gasteiger partial charge on any atom is 0.225 e. The van der Waals surface area contributed by atoms with Gasteiger partial charge < -0.3 is 20.6 Å². The minimum atomic E-state index is 0.0418. The third-order valence-corrected chi connectivity index (χ3v) is 4.03. The van der Waals surface area contributed by atoms with Gasteiger partial charge in [-0.3, -0.25) is 4.79 Å². The number of rotatable bonds is 5. The van der Waals surface area contributed by atoms with Crippen LogP contribution in [-0.4, -0.2) is 47.5 Å². The third-order valence-electron chi connectivity index (χ3n) is 4.03. The van der Waals surface area contributed by atoms with Crippen LogP contribution in [0, 0.1) is 5.92 Å². The summed E-state index contributed by atoms with van der Waals surface area (Å²) in [7, 11) is 0. The number of nitrogens with one attached hydrogen (secondary N) is 2. The van der Waals surface area contributed by atoms with Crippen molar-refractivity contribution in [3.63, 3.8) is 0 Å². The number of phenolic OH excluding ortho intramolecular Hbond substituents is 1. The number of likely N-dealkylation sites (tertiary alicyclic amines) is 1. The Kier molecular flexibility index (Phi) is 6.46. The zero-order chi connectivity index (χ0) is 17.5. The number of benzene rings is 1. The van der Waals surface area contributed by atoms with Gasteiger partial charge >= 0.3 is 0 Å². The van der Waals surface area contributed by atoms with E-state index in [9.17, 15) is 9.90 Å². The quantitative estimate of drug-likeness (QED) is 0.567. The molecule has 1 heterocycles. The molecule has 24 heavy (non-hydrogen) atoms. The lowest BCUT2D eigenvalue weighted by Gasteiger charge is -2.20. The molecule has 0 aliphatic carbocycles. The Hall–Kier alpha value is -2.24. The second-order valence-electron chi connectivity index (χ2n) is 6.43. The first kappa shape index (κ1) is 18.1. The van der Waals surface area contributed by atoms with Gasteiger partial charge in [-0.25, -0.2) is 4.99 Å². The van der Waals surface area contributed by atoms with E-state index in [0.717, 1.165) is 37.6 Å². The Morgan fingerprint density at radius 1 is 1.38 bits per heavy atom. The molecule has 1 saturated heterocycles. The lowest BCUT2D eigenvalue weighted by Crippen LogP contribution is -2.45. The minimum absolute atomic E-state index is 0.0418. The third kappa shape index (κ3) is 5.15. The molecule has 6 nitrogen and oxygen atoms in total.